The number of halogens is 1. The summed E-state index contributed by atoms with van der Waals surface area (Å²) in [4.78, 5) is 4.45. The van der Waals surface area contributed by atoms with Gasteiger partial charge in [0.15, 0.2) is 11.6 Å². The molecule has 1 fully saturated rings. The molecule has 0 amide bonds. The lowest BCUT2D eigenvalue weighted by Gasteiger charge is -2.37. The van der Waals surface area contributed by atoms with Crippen LogP contribution in [0.15, 0.2) is 39.9 Å². The van der Waals surface area contributed by atoms with E-state index < -0.39 is 15.8 Å². The van der Waals surface area contributed by atoms with Gasteiger partial charge in [-0.3, -0.25) is 4.90 Å². The average molecular weight is 428 g/mol. The first kappa shape index (κ1) is 21.2. The van der Waals surface area contributed by atoms with Crippen LogP contribution >= 0.6 is 11.3 Å². The molecule has 0 aliphatic carbocycles. The van der Waals surface area contributed by atoms with Crippen molar-refractivity contribution in [2.75, 3.05) is 46.4 Å². The molecule has 2 heterocycles. The van der Waals surface area contributed by atoms with Gasteiger partial charge < -0.3 is 9.64 Å². The Bertz CT molecular complexity index is 867. The van der Waals surface area contributed by atoms with Crippen molar-refractivity contribution in [3.8, 4) is 5.75 Å². The lowest BCUT2D eigenvalue weighted by atomic mass is 10.1. The maximum atomic E-state index is 14.1. The third-order valence-corrected chi connectivity index (χ3v) is 7.01. The Morgan fingerprint density at radius 1 is 1.25 bits per heavy atom. The van der Waals surface area contributed by atoms with Crippen LogP contribution in [-0.2, 0) is 10.0 Å². The minimum atomic E-state index is -3.83. The normalized spacial score (nSPS) is 17.5. The van der Waals surface area contributed by atoms with Crippen molar-refractivity contribution in [2.45, 2.75) is 17.9 Å². The summed E-state index contributed by atoms with van der Waals surface area (Å²) in [5.41, 5.74) is 1.09. The van der Waals surface area contributed by atoms with E-state index in [1.165, 1.54) is 12.1 Å². The maximum absolute atomic E-state index is 14.1. The summed E-state index contributed by atoms with van der Waals surface area (Å²) in [5.74, 6) is -0.631. The smallest absolute Gasteiger partial charge is 0.240 e. The average Bonchev–Trinajstić information content (AvgIpc) is 3.19. The second-order valence-corrected chi connectivity index (χ2v) is 9.34. The number of nitrogens with one attached hydrogen (secondary N) is 1. The van der Waals surface area contributed by atoms with Gasteiger partial charge in [0.2, 0.25) is 10.0 Å². The Balaban J connectivity index is 1.74. The quantitative estimate of drug-likeness (QED) is 0.702. The molecule has 1 atom stereocenters. The number of ether oxygens (including phenoxy) is 1. The fourth-order valence-electron chi connectivity index (χ4n) is 3.25. The predicted molar refractivity (Wildman–Crippen MR) is 109 cm³/mol. The van der Waals surface area contributed by atoms with Crippen molar-refractivity contribution in [1.82, 2.24) is 14.5 Å². The van der Waals surface area contributed by atoms with E-state index in [1.54, 1.807) is 18.3 Å². The van der Waals surface area contributed by atoms with Gasteiger partial charge in [-0.1, -0.05) is 0 Å². The molecule has 0 saturated carbocycles. The number of piperazine rings is 1. The highest BCUT2D eigenvalue weighted by atomic mass is 32.2. The summed E-state index contributed by atoms with van der Waals surface area (Å²) >= 11 is 1.59. The molecule has 1 aliphatic heterocycles. The number of hydrogen-bond acceptors (Lipinski definition) is 6. The zero-order valence-electron chi connectivity index (χ0n) is 16.1. The molecule has 6 nitrogen and oxygen atoms in total. The maximum Gasteiger partial charge on any atom is 0.240 e. The standard InChI is InChI=1S/C19H26FN3O3S2/c1-3-26-19-5-4-16(12-17(19)20)28(24,25)21-13-18(15-6-11-27-14-15)23-9-7-22(2)8-10-23/h4-6,11-12,14,18,21H,3,7-10,13H2,1-2H3/t18-/m1/s1. The molecule has 0 radical (unpaired) electrons. The van der Waals surface area contributed by atoms with E-state index in [-0.39, 0.29) is 23.2 Å². The number of sulfonamides is 1. The number of likely N-dealkylation sites (N-methyl/N-ethyl adjacent to an activating group) is 1. The van der Waals surface area contributed by atoms with Crippen LogP contribution in [0, 0.1) is 5.82 Å². The van der Waals surface area contributed by atoms with Gasteiger partial charge in [-0.2, -0.15) is 11.3 Å². The van der Waals surface area contributed by atoms with Gasteiger partial charge in [0.1, 0.15) is 0 Å². The molecular weight excluding hydrogens is 401 g/mol. The highest BCUT2D eigenvalue weighted by molar-refractivity contribution is 7.89. The van der Waals surface area contributed by atoms with Crippen LogP contribution in [0.4, 0.5) is 4.39 Å². The molecule has 1 aromatic heterocycles. The lowest BCUT2D eigenvalue weighted by molar-refractivity contribution is 0.113. The van der Waals surface area contributed by atoms with E-state index >= 15 is 0 Å². The van der Waals surface area contributed by atoms with E-state index in [9.17, 15) is 12.8 Å². The van der Waals surface area contributed by atoms with Crippen molar-refractivity contribution in [2.24, 2.45) is 0 Å². The molecule has 0 bridgehead atoms. The topological polar surface area (TPSA) is 61.9 Å². The van der Waals surface area contributed by atoms with E-state index in [0.29, 0.717) is 6.61 Å². The van der Waals surface area contributed by atoms with Crippen LogP contribution < -0.4 is 9.46 Å². The van der Waals surface area contributed by atoms with Gasteiger partial charge in [0, 0.05) is 38.8 Å². The monoisotopic (exact) mass is 427 g/mol. The number of hydrogen-bond donors (Lipinski definition) is 1. The first-order valence-corrected chi connectivity index (χ1v) is 11.7. The van der Waals surface area contributed by atoms with Crippen molar-refractivity contribution < 1.29 is 17.5 Å². The number of rotatable bonds is 8. The van der Waals surface area contributed by atoms with Crippen LogP contribution in [0.25, 0.3) is 0 Å². The Morgan fingerprint density at radius 3 is 2.61 bits per heavy atom. The van der Waals surface area contributed by atoms with Gasteiger partial charge in [-0.05, 0) is 54.6 Å². The number of nitrogens with zero attached hydrogens (tertiary/aromatic N) is 2. The molecule has 154 valence electrons. The highest BCUT2D eigenvalue weighted by Gasteiger charge is 2.26. The second kappa shape index (κ2) is 9.32. The van der Waals surface area contributed by atoms with E-state index in [0.717, 1.165) is 37.8 Å². The third-order valence-electron chi connectivity index (χ3n) is 4.89. The summed E-state index contributed by atoms with van der Waals surface area (Å²) in [6, 6.07) is 5.69. The third kappa shape index (κ3) is 5.09. The Kier molecular flexibility index (Phi) is 7.05. The Morgan fingerprint density at radius 2 is 2.00 bits per heavy atom. The minimum Gasteiger partial charge on any atom is -0.491 e. The van der Waals surface area contributed by atoms with Crippen molar-refractivity contribution >= 4 is 21.4 Å². The fraction of sp³-hybridized carbons (Fsp3) is 0.474. The molecule has 9 heteroatoms. The van der Waals surface area contributed by atoms with Crippen LogP contribution in [0.5, 0.6) is 5.75 Å². The second-order valence-electron chi connectivity index (χ2n) is 6.79. The Hall–Kier alpha value is -1.52. The van der Waals surface area contributed by atoms with Crippen molar-refractivity contribution in [3.05, 3.63) is 46.4 Å². The molecule has 1 N–H and O–H groups in total. The highest BCUT2D eigenvalue weighted by Crippen LogP contribution is 2.25. The summed E-state index contributed by atoms with van der Waals surface area (Å²) in [7, 11) is -1.75. The minimum absolute atomic E-state index is 0.0510. The summed E-state index contributed by atoms with van der Waals surface area (Å²) in [6.07, 6.45) is 0. The van der Waals surface area contributed by atoms with E-state index in [1.807, 2.05) is 16.8 Å². The summed E-state index contributed by atoms with van der Waals surface area (Å²) in [5, 5.41) is 4.04. The van der Waals surface area contributed by atoms with Crippen LogP contribution in [0.1, 0.15) is 18.5 Å². The van der Waals surface area contributed by atoms with Gasteiger partial charge in [-0.25, -0.2) is 17.5 Å². The van der Waals surface area contributed by atoms with Crippen LogP contribution in [0.2, 0.25) is 0 Å². The molecule has 1 aliphatic rings. The molecule has 28 heavy (non-hydrogen) atoms. The molecule has 1 aromatic carbocycles. The summed E-state index contributed by atoms with van der Waals surface area (Å²) < 4.78 is 47.3. The number of benzene rings is 1. The van der Waals surface area contributed by atoms with Crippen molar-refractivity contribution in [3.63, 3.8) is 0 Å². The lowest BCUT2D eigenvalue weighted by Crippen LogP contribution is -2.48. The first-order valence-electron chi connectivity index (χ1n) is 9.27. The molecule has 2 aromatic rings. The van der Waals surface area contributed by atoms with Crippen LogP contribution in [0.3, 0.4) is 0 Å². The molecular formula is C19H26FN3O3S2. The van der Waals surface area contributed by atoms with Crippen LogP contribution in [-0.4, -0.2) is 64.6 Å². The van der Waals surface area contributed by atoms with Gasteiger partial charge in [0.25, 0.3) is 0 Å². The molecule has 3 rings (SSSR count). The largest absolute Gasteiger partial charge is 0.491 e. The zero-order chi connectivity index (χ0) is 20.1. The zero-order valence-corrected chi connectivity index (χ0v) is 17.7. The molecule has 1 saturated heterocycles. The van der Waals surface area contributed by atoms with E-state index in [2.05, 4.69) is 21.6 Å². The van der Waals surface area contributed by atoms with Gasteiger partial charge >= 0.3 is 0 Å². The van der Waals surface area contributed by atoms with Crippen molar-refractivity contribution in [1.29, 1.82) is 0 Å². The first-order chi connectivity index (χ1) is 13.4. The molecule has 0 spiro atoms. The summed E-state index contributed by atoms with van der Waals surface area (Å²) in [6.45, 7) is 5.92. The SMILES string of the molecule is CCOc1ccc(S(=O)(=O)NC[C@H](c2ccsc2)N2CCN(C)CC2)cc1F. The predicted octanol–water partition coefficient (Wildman–Crippen LogP) is 2.55. The fourth-order valence-corrected chi connectivity index (χ4v) is 5.01. The molecule has 0 unspecified atom stereocenters. The van der Waals surface area contributed by atoms with E-state index in [4.69, 9.17) is 4.74 Å². The van der Waals surface area contributed by atoms with Gasteiger partial charge in [0.05, 0.1) is 11.5 Å². The number of thiophene rings is 1. The van der Waals surface area contributed by atoms with Gasteiger partial charge in [-0.15, -0.1) is 0 Å². The Labute approximate surface area is 170 Å².